The molecule has 116 valence electrons. The molecule has 0 saturated carbocycles. The van der Waals surface area contributed by atoms with Crippen LogP contribution in [0.15, 0.2) is 36.8 Å². The van der Waals surface area contributed by atoms with Crippen molar-refractivity contribution in [3.8, 4) is 0 Å². The van der Waals surface area contributed by atoms with Gasteiger partial charge in [0.05, 0.1) is 26.4 Å². The third-order valence-electron chi connectivity index (χ3n) is 1.41. The molecular weight excluding hydrogens is 307 g/mol. The zero-order valence-corrected chi connectivity index (χ0v) is 17.7. The van der Waals surface area contributed by atoms with E-state index in [-0.39, 0.29) is 26.4 Å². The molecule has 3 N–H and O–H groups in total. The Morgan fingerprint density at radius 3 is 0.684 bits per heavy atom. The monoisotopic (exact) mass is 340 g/mol. The Bertz CT molecular complexity index is 167. The Hall–Kier alpha value is 0.181. The molecule has 7 heteroatoms. The van der Waals surface area contributed by atoms with Crippen LogP contribution in [-0.2, 0) is 0 Å². The molecule has 3 nitrogen and oxygen atoms in total. The molecular formula is C12H33O3PSi3. The van der Waals surface area contributed by atoms with E-state index in [0.717, 1.165) is 0 Å². The highest BCUT2D eigenvalue weighted by Gasteiger charge is 1.78. The lowest BCUT2D eigenvalue weighted by Crippen LogP contribution is -1.89. The highest BCUT2D eigenvalue weighted by Crippen LogP contribution is 2.11. The lowest BCUT2D eigenvalue weighted by atomic mass is 11.3. The Labute approximate surface area is 126 Å². The van der Waals surface area contributed by atoms with Crippen LogP contribution >= 0.6 is 8.60 Å². The summed E-state index contributed by atoms with van der Waals surface area (Å²) < 4.78 is 0. The van der Waals surface area contributed by atoms with E-state index in [1.54, 1.807) is 0 Å². The molecule has 0 aromatic carbocycles. The summed E-state index contributed by atoms with van der Waals surface area (Å²) in [4.78, 5) is 21.7. The topological polar surface area (TPSA) is 60.7 Å². The van der Waals surface area contributed by atoms with Crippen molar-refractivity contribution in [1.82, 2.24) is 0 Å². The maximum Gasteiger partial charge on any atom is 0.324 e. The standard InChI is InChI=1S/3C4H10Si.H3O3P/c3*1-4-5(2)3;1-4(2)3/h3*4-5H,1H2,2-3H3;1-3H. The van der Waals surface area contributed by atoms with Crippen LogP contribution in [0.1, 0.15) is 0 Å². The summed E-state index contributed by atoms with van der Waals surface area (Å²) in [5, 5.41) is 0. The van der Waals surface area contributed by atoms with Crippen molar-refractivity contribution in [3.05, 3.63) is 36.8 Å². The van der Waals surface area contributed by atoms with Crippen molar-refractivity contribution in [1.29, 1.82) is 0 Å². The van der Waals surface area contributed by atoms with Crippen LogP contribution in [0.25, 0.3) is 0 Å². The summed E-state index contributed by atoms with van der Waals surface area (Å²) in [6.45, 7) is 24.3. The maximum absolute atomic E-state index is 7.23. The zero-order valence-electron chi connectivity index (χ0n) is 13.4. The molecule has 19 heavy (non-hydrogen) atoms. The van der Waals surface area contributed by atoms with Gasteiger partial charge in [-0.1, -0.05) is 39.3 Å². The largest absolute Gasteiger partial charge is 0.328 e. The first-order chi connectivity index (χ1) is 8.54. The highest BCUT2D eigenvalue weighted by atomic mass is 31.2. The summed E-state index contributed by atoms with van der Waals surface area (Å²) in [6.07, 6.45) is 0. The normalized spacial score (nSPS) is 8.68. The van der Waals surface area contributed by atoms with E-state index >= 15 is 0 Å². The molecule has 0 aliphatic carbocycles. The highest BCUT2D eigenvalue weighted by molar-refractivity contribution is 7.38. The van der Waals surface area contributed by atoms with Gasteiger partial charge in [-0.05, 0) is 0 Å². The molecule has 0 unspecified atom stereocenters. The molecule has 0 saturated heterocycles. The first-order valence-corrected chi connectivity index (χ1v) is 16.4. The smallest absolute Gasteiger partial charge is 0.324 e. The Morgan fingerprint density at radius 1 is 0.632 bits per heavy atom. The molecule has 0 atom stereocenters. The van der Waals surface area contributed by atoms with Crippen molar-refractivity contribution >= 4 is 35.0 Å². The van der Waals surface area contributed by atoms with Gasteiger partial charge in [-0.3, -0.25) is 0 Å². The minimum Gasteiger partial charge on any atom is -0.328 e. The fourth-order valence-corrected chi connectivity index (χ4v) is 0. The molecule has 0 fully saturated rings. The molecule has 0 aromatic rings. The van der Waals surface area contributed by atoms with Crippen LogP contribution in [0, 0.1) is 0 Å². The lowest BCUT2D eigenvalue weighted by Gasteiger charge is -1.81. The van der Waals surface area contributed by atoms with E-state index in [1.807, 2.05) is 0 Å². The molecule has 0 amide bonds. The third-order valence-corrected chi connectivity index (χ3v) is 4.24. The van der Waals surface area contributed by atoms with Crippen molar-refractivity contribution in [2.75, 3.05) is 0 Å². The van der Waals surface area contributed by atoms with Crippen molar-refractivity contribution in [3.63, 3.8) is 0 Å². The molecule has 0 aliphatic heterocycles. The van der Waals surface area contributed by atoms with E-state index in [9.17, 15) is 0 Å². The minimum absolute atomic E-state index is 0.386. The van der Waals surface area contributed by atoms with Crippen molar-refractivity contribution in [2.45, 2.75) is 39.3 Å². The second-order valence-corrected chi connectivity index (χ2v) is 14.1. The summed E-state index contributed by atoms with van der Waals surface area (Å²) in [5.74, 6) is 0. The van der Waals surface area contributed by atoms with Crippen LogP contribution in [-0.4, -0.2) is 41.1 Å². The van der Waals surface area contributed by atoms with Gasteiger partial charge >= 0.3 is 8.60 Å². The van der Waals surface area contributed by atoms with Gasteiger partial charge in [0, 0.05) is 0 Å². The summed E-state index contributed by atoms with van der Waals surface area (Å²) in [5.41, 5.74) is 6.17. The average molecular weight is 341 g/mol. The van der Waals surface area contributed by atoms with Crippen LogP contribution in [0.4, 0.5) is 0 Å². The summed E-state index contributed by atoms with van der Waals surface area (Å²) in [6, 6.07) is 0. The quantitative estimate of drug-likeness (QED) is 0.547. The van der Waals surface area contributed by atoms with Crippen molar-refractivity contribution in [2.24, 2.45) is 0 Å². The van der Waals surface area contributed by atoms with Gasteiger partial charge < -0.3 is 14.7 Å². The van der Waals surface area contributed by atoms with Gasteiger partial charge in [0.15, 0.2) is 0 Å². The van der Waals surface area contributed by atoms with E-state index in [0.29, 0.717) is 0 Å². The SMILES string of the molecule is C=C[SiH](C)C.C=C[SiH](C)C.C=C[SiH](C)C.OP(O)O. The molecule has 0 bridgehead atoms. The predicted octanol–water partition coefficient (Wildman–Crippen LogP) is 2.79. The van der Waals surface area contributed by atoms with Gasteiger partial charge in [0.25, 0.3) is 0 Å². The fourth-order valence-electron chi connectivity index (χ4n) is 0. The second kappa shape index (κ2) is 23.3. The Kier molecular flexibility index (Phi) is 33.7. The summed E-state index contributed by atoms with van der Waals surface area (Å²) in [7, 11) is -3.78. The Balaban J connectivity index is -0.0000000793. The van der Waals surface area contributed by atoms with Gasteiger partial charge in [0.1, 0.15) is 0 Å². The Morgan fingerprint density at radius 2 is 0.684 bits per heavy atom. The summed E-state index contributed by atoms with van der Waals surface area (Å²) >= 11 is 0. The van der Waals surface area contributed by atoms with Gasteiger partial charge in [-0.25, -0.2) is 0 Å². The van der Waals surface area contributed by atoms with Gasteiger partial charge in [0.2, 0.25) is 0 Å². The number of rotatable bonds is 3. The van der Waals surface area contributed by atoms with Crippen LogP contribution in [0.2, 0.25) is 39.3 Å². The van der Waals surface area contributed by atoms with Gasteiger partial charge in [-0.15, -0.1) is 36.8 Å². The van der Waals surface area contributed by atoms with Crippen LogP contribution in [0.5, 0.6) is 0 Å². The molecule has 0 aliphatic rings. The first kappa shape index (κ1) is 27.5. The maximum atomic E-state index is 7.23. The van der Waals surface area contributed by atoms with E-state index < -0.39 is 8.60 Å². The minimum atomic E-state index is -2.62. The molecule has 0 spiro atoms. The second-order valence-electron chi connectivity index (χ2n) is 4.71. The molecule has 0 heterocycles. The molecule has 0 aromatic heterocycles. The molecule has 0 rings (SSSR count). The average Bonchev–Trinajstić information content (AvgIpc) is 2.29. The predicted molar refractivity (Wildman–Crippen MR) is 101 cm³/mol. The lowest BCUT2D eigenvalue weighted by molar-refractivity contribution is 0.368. The number of hydrogen-bond donors (Lipinski definition) is 3. The number of hydrogen-bond acceptors (Lipinski definition) is 3. The fraction of sp³-hybridized carbons (Fsp3) is 0.500. The van der Waals surface area contributed by atoms with Gasteiger partial charge in [-0.2, -0.15) is 0 Å². The molecule has 0 radical (unpaired) electrons. The third kappa shape index (κ3) is 125. The zero-order chi connectivity index (χ0) is 16.4. The van der Waals surface area contributed by atoms with E-state index in [2.05, 4.69) is 76.1 Å². The van der Waals surface area contributed by atoms with E-state index in [4.69, 9.17) is 14.7 Å². The van der Waals surface area contributed by atoms with E-state index in [1.165, 1.54) is 0 Å². The van der Waals surface area contributed by atoms with Crippen molar-refractivity contribution < 1.29 is 14.7 Å². The first-order valence-electron chi connectivity index (χ1n) is 6.29. The van der Waals surface area contributed by atoms with Crippen LogP contribution < -0.4 is 0 Å². The van der Waals surface area contributed by atoms with Crippen LogP contribution in [0.3, 0.4) is 0 Å².